The molecule has 91 heavy (non-hydrogen) atoms. The summed E-state index contributed by atoms with van der Waals surface area (Å²) in [5.74, 6) is -3.83. The van der Waals surface area contributed by atoms with Gasteiger partial charge in [0, 0.05) is 6.42 Å². The molecule has 0 aliphatic carbocycles. The highest BCUT2D eigenvalue weighted by Crippen LogP contribution is 2.50. The Morgan fingerprint density at radius 1 is 0.692 bits per heavy atom. The summed E-state index contributed by atoms with van der Waals surface area (Å²) in [4.78, 5) is 62.0. The van der Waals surface area contributed by atoms with Crippen LogP contribution in [0, 0.1) is 23.2 Å². The maximum Gasteiger partial charge on any atom is 0.459 e. The molecule has 8 N–H and O–H groups in total. The molecule has 0 radical (unpaired) electrons. The van der Waals surface area contributed by atoms with Crippen molar-refractivity contribution in [2.24, 2.45) is 11.8 Å². The molecule has 0 spiro atoms. The third kappa shape index (κ3) is 15.3. The summed E-state index contributed by atoms with van der Waals surface area (Å²) in [6, 6.07) is 18.8. The topological polar surface area (TPSA) is 395 Å². The summed E-state index contributed by atoms with van der Waals surface area (Å²) in [6.07, 6.45) is -8.39. The second-order valence-electron chi connectivity index (χ2n) is 23.4. The number of anilines is 2. The van der Waals surface area contributed by atoms with E-state index in [2.05, 4.69) is 30.3 Å². The van der Waals surface area contributed by atoms with Gasteiger partial charge >= 0.3 is 39.4 Å². The molecule has 0 amide bonds. The Labute approximate surface area is 525 Å². The van der Waals surface area contributed by atoms with E-state index in [0.717, 1.165) is 11.1 Å². The third-order valence-electron chi connectivity index (χ3n) is 15.2. The number of nitrogens with zero attached hydrogens (tertiary/aromatic N) is 7. The van der Waals surface area contributed by atoms with Gasteiger partial charge in [-0.05, 0) is 99.2 Å². The second-order valence-corrected chi connectivity index (χ2v) is 26.8. The monoisotopic (exact) mass is 1300 g/mol. The van der Waals surface area contributed by atoms with Gasteiger partial charge in [0.2, 0.25) is 5.60 Å². The zero-order valence-electron chi connectivity index (χ0n) is 52.6. The van der Waals surface area contributed by atoms with E-state index in [-0.39, 0.29) is 65.0 Å². The molecule has 6 aromatic rings. The molecule has 2 aromatic carbocycles. The van der Waals surface area contributed by atoms with E-state index in [1.165, 1.54) is 41.3 Å². The number of hydrogen-bond acceptors (Lipinski definition) is 25. The van der Waals surface area contributed by atoms with Gasteiger partial charge in [0.15, 0.2) is 29.7 Å². The Morgan fingerprint density at radius 3 is 1.74 bits per heavy atom. The Morgan fingerprint density at radius 2 is 1.21 bits per heavy atom. The summed E-state index contributed by atoms with van der Waals surface area (Å²) in [5, 5.41) is 48.0. The van der Waals surface area contributed by atoms with Crippen LogP contribution in [0.1, 0.15) is 123 Å². The van der Waals surface area contributed by atoms with E-state index in [1.54, 1.807) is 102 Å². The highest BCUT2D eigenvalue weighted by molar-refractivity contribution is 7.52. The predicted molar refractivity (Wildman–Crippen MR) is 327 cm³/mol. The number of nitriles is 1. The first-order valence-corrected chi connectivity index (χ1v) is 32.8. The smallest absolute Gasteiger partial charge is 0.459 e. The molecule has 8 rings (SSSR count). The number of nitrogen functional groups attached to an aromatic ring is 2. The predicted octanol–water partition coefficient (Wildman–Crippen LogP) is 6.48. The van der Waals surface area contributed by atoms with Gasteiger partial charge in [0.25, 0.3) is 0 Å². The number of aliphatic hydroxyl groups excluding tert-OH is 2. The fraction of sp³-hybridized carbons (Fsp3) is 0.517. The number of nitrogens with one attached hydrogen (secondary N) is 2. The molecular weight excluding hydrogens is 1220 g/mol. The van der Waals surface area contributed by atoms with Crippen molar-refractivity contribution < 1.29 is 85.0 Å². The molecule has 492 valence electrons. The van der Waals surface area contributed by atoms with Crippen molar-refractivity contribution >= 4 is 62.0 Å². The zero-order chi connectivity index (χ0) is 66.5. The molecule has 6 heterocycles. The summed E-state index contributed by atoms with van der Waals surface area (Å²) in [5.41, 5.74) is 11.3. The summed E-state index contributed by atoms with van der Waals surface area (Å²) >= 11 is 0. The Hall–Kier alpha value is -7.61. The van der Waals surface area contributed by atoms with E-state index in [9.17, 15) is 39.2 Å². The van der Waals surface area contributed by atoms with Crippen LogP contribution in [0.5, 0.6) is 11.5 Å². The quantitative estimate of drug-likeness (QED) is 0.0174. The van der Waals surface area contributed by atoms with Crippen LogP contribution in [-0.2, 0) is 83.4 Å². The maximum atomic E-state index is 15.2. The average Bonchev–Trinajstić information content (AvgIpc) is 1.60. The van der Waals surface area contributed by atoms with Gasteiger partial charge in [-0.2, -0.15) is 25.6 Å². The number of nitrogens with two attached hydrogens (primary N) is 2. The lowest BCUT2D eigenvalue weighted by molar-refractivity contribution is -0.175. The molecule has 4 aromatic heterocycles. The van der Waals surface area contributed by atoms with Gasteiger partial charge < -0.3 is 59.1 Å². The first kappa shape index (κ1) is 69.3. The van der Waals surface area contributed by atoms with Gasteiger partial charge in [0.1, 0.15) is 77.0 Å². The average molecular weight is 1300 g/mol. The summed E-state index contributed by atoms with van der Waals surface area (Å²) in [6.45, 7) is 18.6. The number of aromatic nitrogens is 6. The van der Waals surface area contributed by atoms with Crippen LogP contribution in [0.2, 0.25) is 0 Å². The molecule has 0 saturated carbocycles. The fourth-order valence-electron chi connectivity index (χ4n) is 10.1. The van der Waals surface area contributed by atoms with Crippen molar-refractivity contribution in [3.63, 3.8) is 0 Å². The number of hydrogen-bond donors (Lipinski definition) is 6. The normalized spacial score (nSPS) is 23.6. The van der Waals surface area contributed by atoms with Crippen molar-refractivity contribution in [3.05, 3.63) is 107 Å². The number of rotatable bonds is 28. The van der Waals surface area contributed by atoms with Gasteiger partial charge in [-0.15, -0.1) is 0 Å². The molecule has 12 atom stereocenters. The van der Waals surface area contributed by atoms with Crippen LogP contribution in [-0.4, -0.2) is 138 Å². The second kappa shape index (κ2) is 28.5. The van der Waals surface area contributed by atoms with Crippen molar-refractivity contribution in [1.29, 1.82) is 5.26 Å². The lowest BCUT2D eigenvalue weighted by Gasteiger charge is -2.31. The third-order valence-corrected chi connectivity index (χ3v) is 18.5. The lowest BCUT2D eigenvalue weighted by atomic mass is 9.92. The minimum atomic E-state index is -4.72. The number of aliphatic hydroxyl groups is 2. The molecule has 2 aliphatic rings. The van der Waals surface area contributed by atoms with Crippen LogP contribution in [0.4, 0.5) is 11.6 Å². The van der Waals surface area contributed by atoms with Crippen LogP contribution >= 0.6 is 15.5 Å². The lowest BCUT2D eigenvalue weighted by Crippen LogP contribution is -2.46. The summed E-state index contributed by atoms with van der Waals surface area (Å²) < 4.78 is 91.9. The van der Waals surface area contributed by atoms with E-state index in [4.69, 9.17) is 58.0 Å². The standard InChI is InChI=1S/C60H79N11O18P2/c1-13-80-57(76)36(10)68-90(78,88-40-18-14-38(15-19-40)32(2)3)82-28-44-49(72)51(73)60(30-61,87-44)47-25-23-43-54(63)66-48(67-71(43)47)26-27-81-58(77)37(11)69-91(79,89-41-20-16-39(17-21-41)33(4)5)83-29-45-50(84-55(74)34(6)7)52(85-56(75)35(8)9)59(12,86-45)46-24-22-42-53(62)64-31-65-70(42)46/h14-25,31-37,44-45,49-52,72-73H,13,26-29H2,1-12H3,(H,68,78)(H,69,79)(H2,62,64,65)(H2,63,66,67)/t36-,37-,44+,45+,49+,50+,51+,52+,59-,60-,90?,91?/m0/s1. The minimum Gasteiger partial charge on any atom is -0.465 e. The number of fused-ring (bicyclic) bond motifs is 2. The number of benzene rings is 2. The van der Waals surface area contributed by atoms with Gasteiger partial charge in [-0.25, -0.2) is 28.1 Å². The van der Waals surface area contributed by atoms with Crippen molar-refractivity contribution in [2.75, 3.05) is 37.9 Å². The van der Waals surface area contributed by atoms with Crippen LogP contribution in [0.25, 0.3) is 11.0 Å². The maximum absolute atomic E-state index is 15.2. The Kier molecular flexibility index (Phi) is 21.7. The highest BCUT2D eigenvalue weighted by Gasteiger charge is 2.61. The first-order valence-electron chi connectivity index (χ1n) is 29.7. The van der Waals surface area contributed by atoms with E-state index in [0.29, 0.717) is 11.2 Å². The Bertz CT molecular complexity index is 3730. The number of carbonyl (C=O) groups is 4. The van der Waals surface area contributed by atoms with E-state index in [1.807, 2.05) is 33.8 Å². The van der Waals surface area contributed by atoms with Gasteiger partial charge in [-0.1, -0.05) is 79.7 Å². The molecule has 2 unspecified atom stereocenters. The van der Waals surface area contributed by atoms with Crippen molar-refractivity contribution in [1.82, 2.24) is 39.4 Å². The Balaban J connectivity index is 0.997. The number of ether oxygens (including phenoxy) is 6. The molecule has 2 aliphatic heterocycles. The van der Waals surface area contributed by atoms with Gasteiger partial charge in [0.05, 0.1) is 49.7 Å². The molecule has 2 fully saturated rings. The molecule has 2 saturated heterocycles. The molecule has 31 heteroatoms. The SMILES string of the molecule is CCOC(=O)[C@H](C)NP(=O)(OC[C@H]1O[C@@](C#N)(c2ccc3c(N)nc(CCOC(=O)[C@H](C)NP(=O)(OC[C@H]4O[C@@](C)(c5ccc6c(N)ncnn56)[C@H](OC(=O)C(C)C)[C@@H]4OC(=O)C(C)C)Oc4ccc(C(C)C)cc4)nn23)[C@H](O)[C@@H]1O)Oc1ccc(C(C)C)cc1. The minimum absolute atomic E-state index is 0.0295. The zero-order valence-corrected chi connectivity index (χ0v) is 54.4. The van der Waals surface area contributed by atoms with Crippen LogP contribution in [0.3, 0.4) is 0 Å². The number of carbonyl (C=O) groups excluding carboxylic acids is 4. The number of esters is 4. The first-order chi connectivity index (χ1) is 42.9. The fourth-order valence-corrected chi connectivity index (χ4v) is 13.1. The highest BCUT2D eigenvalue weighted by atomic mass is 31.2. The molecular formula is C60H79N11O18P2. The van der Waals surface area contributed by atoms with Crippen LogP contribution < -0.4 is 30.7 Å². The molecule has 29 nitrogen and oxygen atoms in total. The van der Waals surface area contributed by atoms with Crippen molar-refractivity contribution in [2.45, 2.75) is 161 Å². The largest absolute Gasteiger partial charge is 0.465 e. The van der Waals surface area contributed by atoms with E-state index < -0.39 is 131 Å². The molecule has 0 bridgehead atoms. The van der Waals surface area contributed by atoms with E-state index >= 15 is 4.57 Å². The van der Waals surface area contributed by atoms with Crippen molar-refractivity contribution in [3.8, 4) is 17.6 Å². The summed E-state index contributed by atoms with van der Waals surface area (Å²) in [7, 11) is -9.25. The van der Waals surface area contributed by atoms with Crippen LogP contribution in [0.15, 0.2) is 79.1 Å². The van der Waals surface area contributed by atoms with Gasteiger partial charge in [-0.3, -0.25) is 28.2 Å².